The number of halogens is 3. The van der Waals surface area contributed by atoms with E-state index >= 15 is 0 Å². The molecule has 1 nitrogen and oxygen atoms in total. The van der Waals surface area contributed by atoms with Crippen LogP contribution in [0.4, 0.5) is 13.2 Å². The molecule has 0 spiro atoms. The van der Waals surface area contributed by atoms with Crippen LogP contribution in [0, 0.1) is 0 Å². The third-order valence-corrected chi connectivity index (χ3v) is 3.66. The normalized spacial score (nSPS) is 15.8. The highest BCUT2D eigenvalue weighted by Gasteiger charge is 2.28. The molecular weight excluding hydrogens is 273 g/mol. The Morgan fingerprint density at radius 3 is 2.37 bits per heavy atom. The van der Waals surface area contributed by atoms with Crippen molar-refractivity contribution in [2.75, 3.05) is 5.75 Å². The summed E-state index contributed by atoms with van der Waals surface area (Å²) in [6.45, 7) is 1.47. The number of benzene rings is 1. The summed E-state index contributed by atoms with van der Waals surface area (Å²) in [6.07, 6.45) is -5.93. The Morgan fingerprint density at radius 2 is 1.79 bits per heavy atom. The van der Waals surface area contributed by atoms with Gasteiger partial charge in [-0.15, -0.1) is 0 Å². The maximum absolute atomic E-state index is 13.3. The van der Waals surface area contributed by atoms with E-state index in [1.807, 2.05) is 0 Å². The zero-order chi connectivity index (χ0) is 14.3. The number of hydrogen-bond donors (Lipinski definition) is 0. The fraction of sp³-hybridized carbons (Fsp3) is 0.500. The number of alkyl halides is 3. The lowest BCUT2D eigenvalue weighted by Gasteiger charge is -2.15. The Bertz CT molecular complexity index is 386. The molecule has 3 atom stereocenters. The molecule has 0 heterocycles. The van der Waals surface area contributed by atoms with Crippen LogP contribution in [0.1, 0.15) is 30.1 Å². The monoisotopic (exact) mass is 290 g/mol. The molecule has 19 heavy (non-hydrogen) atoms. The van der Waals surface area contributed by atoms with E-state index in [9.17, 15) is 18.0 Å². The third-order valence-electron chi connectivity index (χ3n) is 2.72. The van der Waals surface area contributed by atoms with E-state index in [4.69, 9.17) is 0 Å². The van der Waals surface area contributed by atoms with Crippen LogP contribution in [0.15, 0.2) is 30.3 Å². The van der Waals surface area contributed by atoms with Crippen molar-refractivity contribution in [3.63, 3.8) is 0 Å². The van der Waals surface area contributed by atoms with Gasteiger partial charge in [0.2, 0.25) is 5.12 Å². The summed E-state index contributed by atoms with van der Waals surface area (Å²) in [5, 5.41) is -0.185. The molecular formula is C14H17F3OS. The van der Waals surface area contributed by atoms with Gasteiger partial charge in [-0.3, -0.25) is 4.79 Å². The fourth-order valence-electron chi connectivity index (χ4n) is 1.53. The molecule has 0 amide bonds. The second-order valence-corrected chi connectivity index (χ2v) is 5.24. The minimum Gasteiger partial charge on any atom is -0.282 e. The minimum atomic E-state index is -2.10. The molecule has 0 saturated carbocycles. The molecule has 0 aromatic heterocycles. The van der Waals surface area contributed by atoms with Gasteiger partial charge in [0, 0.05) is 11.3 Å². The van der Waals surface area contributed by atoms with Gasteiger partial charge in [0.05, 0.1) is 0 Å². The lowest BCUT2D eigenvalue weighted by Crippen LogP contribution is -2.28. The van der Waals surface area contributed by atoms with Crippen molar-refractivity contribution < 1.29 is 18.0 Å². The molecule has 0 N–H and O–H groups in total. The number of rotatable bonds is 7. The van der Waals surface area contributed by atoms with Gasteiger partial charge in [0.15, 0.2) is 6.17 Å². The SMILES string of the molecule is CCC(F)C(F)C(F)CCSC(=O)c1ccccc1. The maximum atomic E-state index is 13.3. The molecule has 1 rings (SSSR count). The van der Waals surface area contributed by atoms with Crippen molar-refractivity contribution in [1.82, 2.24) is 0 Å². The van der Waals surface area contributed by atoms with Gasteiger partial charge in [-0.05, 0) is 12.8 Å². The highest BCUT2D eigenvalue weighted by molar-refractivity contribution is 8.14. The predicted molar refractivity (Wildman–Crippen MR) is 72.8 cm³/mol. The molecule has 0 bridgehead atoms. The first-order valence-electron chi connectivity index (χ1n) is 6.20. The van der Waals surface area contributed by atoms with Crippen LogP contribution in [0.3, 0.4) is 0 Å². The van der Waals surface area contributed by atoms with Gasteiger partial charge in [0.1, 0.15) is 12.3 Å². The summed E-state index contributed by atoms with van der Waals surface area (Å²) < 4.78 is 39.5. The van der Waals surface area contributed by atoms with Crippen molar-refractivity contribution in [1.29, 1.82) is 0 Å². The average molecular weight is 290 g/mol. The second kappa shape index (κ2) is 8.25. The fourth-order valence-corrected chi connectivity index (χ4v) is 2.36. The third kappa shape index (κ3) is 5.27. The highest BCUT2D eigenvalue weighted by atomic mass is 32.2. The molecule has 0 aliphatic carbocycles. The predicted octanol–water partition coefficient (Wildman–Crippen LogP) is 4.37. The van der Waals surface area contributed by atoms with Gasteiger partial charge in [0.25, 0.3) is 0 Å². The van der Waals surface area contributed by atoms with Gasteiger partial charge in [-0.1, -0.05) is 49.0 Å². The van der Waals surface area contributed by atoms with Crippen LogP contribution < -0.4 is 0 Å². The number of hydrogen-bond acceptors (Lipinski definition) is 2. The number of carbonyl (C=O) groups is 1. The van der Waals surface area contributed by atoms with Crippen LogP contribution in [-0.4, -0.2) is 29.4 Å². The zero-order valence-electron chi connectivity index (χ0n) is 10.7. The molecule has 106 valence electrons. The summed E-state index contributed by atoms with van der Waals surface area (Å²) in [4.78, 5) is 11.7. The van der Waals surface area contributed by atoms with E-state index in [1.54, 1.807) is 30.3 Å². The van der Waals surface area contributed by atoms with E-state index in [0.29, 0.717) is 5.56 Å². The Balaban J connectivity index is 2.32. The van der Waals surface area contributed by atoms with Crippen LogP contribution in [0.25, 0.3) is 0 Å². The Labute approximate surface area is 115 Å². The van der Waals surface area contributed by atoms with Crippen LogP contribution >= 0.6 is 11.8 Å². The highest BCUT2D eigenvalue weighted by Crippen LogP contribution is 2.20. The van der Waals surface area contributed by atoms with Crippen molar-refractivity contribution in [3.05, 3.63) is 35.9 Å². The molecule has 0 saturated heterocycles. The standard InChI is InChI=1S/C14H17F3OS/c1-2-11(15)13(17)12(16)8-9-19-14(18)10-6-4-3-5-7-10/h3-7,11-13H,2,8-9H2,1H3. The summed E-state index contributed by atoms with van der Waals surface area (Å²) in [7, 11) is 0. The van der Waals surface area contributed by atoms with E-state index in [-0.39, 0.29) is 23.7 Å². The van der Waals surface area contributed by atoms with Crippen molar-refractivity contribution in [3.8, 4) is 0 Å². The van der Waals surface area contributed by atoms with E-state index in [2.05, 4.69) is 0 Å². The van der Waals surface area contributed by atoms with Gasteiger partial charge in [-0.2, -0.15) is 0 Å². The molecule has 5 heteroatoms. The van der Waals surface area contributed by atoms with E-state index in [0.717, 1.165) is 11.8 Å². The van der Waals surface area contributed by atoms with Crippen molar-refractivity contribution >= 4 is 16.9 Å². The molecule has 1 aromatic rings. The minimum absolute atomic E-state index is 0.0440. The molecule has 0 fully saturated rings. The molecule has 1 aromatic carbocycles. The molecule has 0 aliphatic rings. The Kier molecular flexibility index (Phi) is 6.99. The van der Waals surface area contributed by atoms with Crippen molar-refractivity contribution in [2.45, 2.75) is 38.3 Å². The van der Waals surface area contributed by atoms with Gasteiger partial charge < -0.3 is 0 Å². The maximum Gasteiger partial charge on any atom is 0.219 e. The smallest absolute Gasteiger partial charge is 0.219 e. The lowest BCUT2D eigenvalue weighted by molar-refractivity contribution is 0.0785. The van der Waals surface area contributed by atoms with Crippen LogP contribution in [-0.2, 0) is 0 Å². The second-order valence-electron chi connectivity index (χ2n) is 4.18. The Hall–Kier alpha value is -0.970. The Morgan fingerprint density at radius 1 is 1.16 bits per heavy atom. The topological polar surface area (TPSA) is 17.1 Å². The lowest BCUT2D eigenvalue weighted by atomic mass is 10.1. The first-order valence-corrected chi connectivity index (χ1v) is 7.19. The summed E-state index contributed by atoms with van der Waals surface area (Å²) >= 11 is 0.927. The first-order chi connectivity index (χ1) is 9.06. The summed E-state index contributed by atoms with van der Waals surface area (Å²) in [6, 6.07) is 8.58. The van der Waals surface area contributed by atoms with E-state index < -0.39 is 18.5 Å². The largest absolute Gasteiger partial charge is 0.282 e. The van der Waals surface area contributed by atoms with Gasteiger partial charge in [-0.25, -0.2) is 13.2 Å². The van der Waals surface area contributed by atoms with E-state index in [1.165, 1.54) is 6.92 Å². The van der Waals surface area contributed by atoms with Gasteiger partial charge >= 0.3 is 0 Å². The quantitative estimate of drug-likeness (QED) is 0.741. The first kappa shape index (κ1) is 16.1. The summed E-state index contributed by atoms with van der Waals surface area (Å²) in [5.74, 6) is 0.145. The zero-order valence-corrected chi connectivity index (χ0v) is 11.5. The van der Waals surface area contributed by atoms with Crippen LogP contribution in [0.5, 0.6) is 0 Å². The number of thioether (sulfide) groups is 1. The van der Waals surface area contributed by atoms with Crippen molar-refractivity contribution in [2.24, 2.45) is 0 Å². The number of carbonyl (C=O) groups excluding carboxylic acids is 1. The molecule has 0 aliphatic heterocycles. The molecule has 0 radical (unpaired) electrons. The summed E-state index contributed by atoms with van der Waals surface area (Å²) in [5.41, 5.74) is 0.525. The average Bonchev–Trinajstić information content (AvgIpc) is 2.46. The molecule has 3 unspecified atom stereocenters. The van der Waals surface area contributed by atoms with Crippen LogP contribution in [0.2, 0.25) is 0 Å².